The van der Waals surface area contributed by atoms with Crippen LogP contribution in [0, 0.1) is 0 Å². The lowest BCUT2D eigenvalue weighted by molar-refractivity contribution is 0.0540. The van der Waals surface area contributed by atoms with Crippen LogP contribution in [0.4, 0.5) is 0 Å². The Morgan fingerprint density at radius 3 is 2.88 bits per heavy atom. The predicted octanol–water partition coefficient (Wildman–Crippen LogP) is 1.18. The average Bonchev–Trinajstić information content (AvgIpc) is 2.78. The Morgan fingerprint density at radius 1 is 1.44 bits per heavy atom. The predicted molar refractivity (Wildman–Crippen MR) is 60.6 cm³/mol. The first-order chi connectivity index (χ1) is 7.83. The van der Waals surface area contributed by atoms with Crippen LogP contribution in [0.15, 0.2) is 30.3 Å². The van der Waals surface area contributed by atoms with Crippen LogP contribution in [0.1, 0.15) is 23.2 Å². The molecule has 2 N–H and O–H groups in total. The molecule has 0 saturated carbocycles. The molecule has 0 radical (unpaired) electrons. The molecule has 1 heterocycles. The molecule has 0 bridgehead atoms. The molecule has 0 aliphatic carbocycles. The number of carbonyl (C=O) groups is 1. The van der Waals surface area contributed by atoms with Crippen molar-refractivity contribution >= 4 is 5.91 Å². The van der Waals surface area contributed by atoms with Crippen molar-refractivity contribution in [2.45, 2.75) is 18.9 Å². The van der Waals surface area contributed by atoms with E-state index in [9.17, 15) is 4.79 Å². The number of hydrogen-bond acceptors (Lipinski definition) is 3. The molecule has 86 valence electrons. The second-order valence-electron chi connectivity index (χ2n) is 3.99. The number of nitrogens with two attached hydrogens (primary N) is 1. The molecule has 1 unspecified atom stereocenters. The summed E-state index contributed by atoms with van der Waals surface area (Å²) in [4.78, 5) is 18.7. The van der Waals surface area contributed by atoms with Crippen LogP contribution in [-0.4, -0.2) is 30.0 Å². The number of amides is 1. The van der Waals surface area contributed by atoms with Gasteiger partial charge < -0.3 is 9.74 Å². The number of benzene rings is 1. The molecule has 1 aromatic rings. The molecule has 4 heteroatoms. The Labute approximate surface area is 94.9 Å². The second-order valence-corrected chi connectivity index (χ2v) is 3.99. The molecule has 0 aromatic heterocycles. The molecule has 1 aliphatic heterocycles. The number of rotatable bonds is 3. The highest BCUT2D eigenvalue weighted by atomic mass is 16.6. The number of carbonyl (C=O) groups excluding carboxylic acids is 1. The summed E-state index contributed by atoms with van der Waals surface area (Å²) in [5.41, 5.74) is 0.728. The molecule has 0 spiro atoms. The van der Waals surface area contributed by atoms with Crippen molar-refractivity contribution in [1.82, 2.24) is 4.90 Å². The Balaban J connectivity index is 2.09. The van der Waals surface area contributed by atoms with Crippen molar-refractivity contribution < 1.29 is 9.63 Å². The van der Waals surface area contributed by atoms with Crippen LogP contribution in [0.3, 0.4) is 0 Å². The highest BCUT2D eigenvalue weighted by molar-refractivity contribution is 5.94. The highest BCUT2D eigenvalue weighted by Crippen LogP contribution is 2.19. The molecule has 2 rings (SSSR count). The van der Waals surface area contributed by atoms with Gasteiger partial charge in [-0.05, 0) is 25.0 Å². The fraction of sp³-hybridized carbons (Fsp3) is 0.417. The monoisotopic (exact) mass is 220 g/mol. The number of likely N-dealkylation sites (tertiary alicyclic amines) is 1. The van der Waals surface area contributed by atoms with E-state index in [0.717, 1.165) is 24.9 Å². The van der Waals surface area contributed by atoms with Gasteiger partial charge in [-0.1, -0.05) is 18.2 Å². The van der Waals surface area contributed by atoms with Gasteiger partial charge in [0.25, 0.3) is 5.91 Å². The van der Waals surface area contributed by atoms with Gasteiger partial charge in [-0.25, -0.2) is 5.90 Å². The fourth-order valence-electron chi connectivity index (χ4n) is 2.13. The third-order valence-electron chi connectivity index (χ3n) is 2.95. The van der Waals surface area contributed by atoms with E-state index >= 15 is 0 Å². The van der Waals surface area contributed by atoms with Gasteiger partial charge in [0.2, 0.25) is 0 Å². The zero-order chi connectivity index (χ0) is 11.4. The van der Waals surface area contributed by atoms with Gasteiger partial charge in [0.15, 0.2) is 0 Å². The molecule has 1 amide bonds. The molecule has 16 heavy (non-hydrogen) atoms. The quantitative estimate of drug-likeness (QED) is 0.778. The minimum absolute atomic E-state index is 0.0696. The van der Waals surface area contributed by atoms with Crippen molar-refractivity contribution in [3.63, 3.8) is 0 Å². The standard InChI is InChI=1S/C12H16N2O2/c13-16-9-11-7-4-8-14(11)12(15)10-5-2-1-3-6-10/h1-3,5-6,11H,4,7-9,13H2. The van der Waals surface area contributed by atoms with E-state index in [4.69, 9.17) is 5.90 Å². The maximum absolute atomic E-state index is 12.2. The Kier molecular flexibility index (Phi) is 3.54. The Hall–Kier alpha value is -1.39. The summed E-state index contributed by atoms with van der Waals surface area (Å²) in [7, 11) is 0. The normalized spacial score (nSPS) is 20.1. The first-order valence-corrected chi connectivity index (χ1v) is 5.50. The third kappa shape index (κ3) is 2.23. The van der Waals surface area contributed by atoms with Crippen LogP contribution < -0.4 is 5.90 Å². The first-order valence-electron chi connectivity index (χ1n) is 5.50. The highest BCUT2D eigenvalue weighted by Gasteiger charge is 2.29. The second kappa shape index (κ2) is 5.09. The summed E-state index contributed by atoms with van der Waals surface area (Å²) in [6, 6.07) is 9.44. The molecule has 1 aromatic carbocycles. The van der Waals surface area contributed by atoms with E-state index < -0.39 is 0 Å². The van der Waals surface area contributed by atoms with Crippen molar-refractivity contribution in [3.8, 4) is 0 Å². The minimum atomic E-state index is 0.0696. The fourth-order valence-corrected chi connectivity index (χ4v) is 2.13. The lowest BCUT2D eigenvalue weighted by Gasteiger charge is -2.23. The van der Waals surface area contributed by atoms with E-state index in [0.29, 0.717) is 6.61 Å². The largest absolute Gasteiger partial charge is 0.333 e. The summed E-state index contributed by atoms with van der Waals surface area (Å²) < 4.78 is 0. The van der Waals surface area contributed by atoms with Crippen molar-refractivity contribution in [1.29, 1.82) is 0 Å². The van der Waals surface area contributed by atoms with Gasteiger partial charge in [-0.3, -0.25) is 4.79 Å². The molecular formula is C12H16N2O2. The van der Waals surface area contributed by atoms with E-state index in [1.54, 1.807) is 0 Å². The maximum Gasteiger partial charge on any atom is 0.254 e. The molecule has 1 saturated heterocycles. The van der Waals surface area contributed by atoms with Gasteiger partial charge in [0.05, 0.1) is 12.6 Å². The lowest BCUT2D eigenvalue weighted by Crippen LogP contribution is -2.38. The smallest absolute Gasteiger partial charge is 0.254 e. The molecule has 1 fully saturated rings. The Morgan fingerprint density at radius 2 is 2.19 bits per heavy atom. The van der Waals surface area contributed by atoms with Crippen molar-refractivity contribution in [2.24, 2.45) is 5.90 Å². The van der Waals surface area contributed by atoms with Crippen LogP contribution in [0.25, 0.3) is 0 Å². The van der Waals surface area contributed by atoms with Gasteiger partial charge >= 0.3 is 0 Å². The summed E-state index contributed by atoms with van der Waals surface area (Å²) >= 11 is 0. The molecule has 1 atom stereocenters. The summed E-state index contributed by atoms with van der Waals surface area (Å²) in [5.74, 6) is 5.14. The zero-order valence-electron chi connectivity index (χ0n) is 9.13. The molecule has 4 nitrogen and oxygen atoms in total. The summed E-state index contributed by atoms with van der Waals surface area (Å²) in [6.07, 6.45) is 1.99. The molecule has 1 aliphatic rings. The zero-order valence-corrected chi connectivity index (χ0v) is 9.13. The summed E-state index contributed by atoms with van der Waals surface area (Å²) in [5, 5.41) is 0. The SMILES string of the molecule is NOCC1CCCN1C(=O)c1ccccc1. The van der Waals surface area contributed by atoms with Gasteiger partial charge in [0.1, 0.15) is 0 Å². The van der Waals surface area contributed by atoms with E-state index in [1.165, 1.54) is 0 Å². The van der Waals surface area contributed by atoms with Crippen molar-refractivity contribution in [2.75, 3.05) is 13.2 Å². The van der Waals surface area contributed by atoms with E-state index in [-0.39, 0.29) is 11.9 Å². The van der Waals surface area contributed by atoms with Gasteiger partial charge in [0, 0.05) is 12.1 Å². The number of hydrogen-bond donors (Lipinski definition) is 1. The van der Waals surface area contributed by atoms with Gasteiger partial charge in [-0.2, -0.15) is 0 Å². The topological polar surface area (TPSA) is 55.6 Å². The van der Waals surface area contributed by atoms with E-state index in [2.05, 4.69) is 4.84 Å². The van der Waals surface area contributed by atoms with Crippen LogP contribution in [-0.2, 0) is 4.84 Å². The number of nitrogens with zero attached hydrogens (tertiary/aromatic N) is 1. The molecular weight excluding hydrogens is 204 g/mol. The van der Waals surface area contributed by atoms with Crippen LogP contribution >= 0.6 is 0 Å². The van der Waals surface area contributed by atoms with Crippen molar-refractivity contribution in [3.05, 3.63) is 35.9 Å². The first kappa shape index (κ1) is 11.1. The lowest BCUT2D eigenvalue weighted by atomic mass is 10.2. The van der Waals surface area contributed by atoms with Gasteiger partial charge in [-0.15, -0.1) is 0 Å². The van der Waals surface area contributed by atoms with Crippen LogP contribution in [0.2, 0.25) is 0 Å². The van der Waals surface area contributed by atoms with Crippen LogP contribution in [0.5, 0.6) is 0 Å². The third-order valence-corrected chi connectivity index (χ3v) is 2.95. The van der Waals surface area contributed by atoms with E-state index in [1.807, 2.05) is 35.2 Å². The average molecular weight is 220 g/mol. The maximum atomic E-state index is 12.2. The summed E-state index contributed by atoms with van der Waals surface area (Å²) in [6.45, 7) is 1.21. The Bertz CT molecular complexity index is 353. The minimum Gasteiger partial charge on any atom is -0.333 e.